The lowest BCUT2D eigenvalue weighted by Crippen LogP contribution is -3.00. The molecule has 0 atom stereocenters. The van der Waals surface area contributed by atoms with Gasteiger partial charge in [0.2, 0.25) is 0 Å². The van der Waals surface area contributed by atoms with Crippen LogP contribution in [0.2, 0.25) is 0 Å². The van der Waals surface area contributed by atoms with Gasteiger partial charge in [0.1, 0.15) is 28.8 Å². The fourth-order valence-corrected chi connectivity index (χ4v) is 10.3. The highest BCUT2D eigenvalue weighted by molar-refractivity contribution is 7.95. The molecule has 256 valence electrons. The number of ether oxygens (including phenoxy) is 1. The molecular weight excluding hydrogens is 637 g/mol. The second-order valence-electron chi connectivity index (χ2n) is 13.0. The lowest BCUT2D eigenvalue weighted by atomic mass is 10.1. The molecule has 0 saturated carbocycles. The Kier molecular flexibility index (Phi) is 15.9. The third-order valence-corrected chi connectivity index (χ3v) is 12.7. The highest BCUT2D eigenvalue weighted by atomic mass is 35.5. The van der Waals surface area contributed by atoms with E-state index in [9.17, 15) is 9.59 Å². The molecule has 0 aromatic heterocycles. The van der Waals surface area contributed by atoms with Crippen LogP contribution in [-0.4, -0.2) is 30.3 Å². The first-order valence-corrected chi connectivity index (χ1v) is 18.9. The number of amides is 2. The van der Waals surface area contributed by atoms with Gasteiger partial charge < -0.3 is 22.5 Å². The summed E-state index contributed by atoms with van der Waals surface area (Å²) in [6.07, 6.45) is 10.1. The van der Waals surface area contributed by atoms with Crippen LogP contribution in [0.25, 0.3) is 0 Å². The van der Waals surface area contributed by atoms with Gasteiger partial charge in [-0.2, -0.15) is 0 Å². The second-order valence-corrected chi connectivity index (χ2v) is 16.6. The molecule has 0 aliphatic carbocycles. The standard InChI is InChI=1S/C40H50N3O3P.ClH/c1-40(2,3)46-39(45)43-42-34-29-27-33(28-30-34)38(44)41-31-19-8-6-4-5-7-9-20-32-47(35-21-13-10-14-22-35,36-23-15-11-16-24-36)37-25-17-12-18-26-37;/h10-18,21-30H,4-9,19-20,31-32H2,1-3H3,(H2-,41,42,43,44,45);1H. The Morgan fingerprint density at radius 2 is 1.04 bits per heavy atom. The van der Waals surface area contributed by atoms with E-state index in [0.717, 1.165) is 12.8 Å². The van der Waals surface area contributed by atoms with E-state index >= 15 is 0 Å². The summed E-state index contributed by atoms with van der Waals surface area (Å²) in [6, 6.07) is 40.4. The lowest BCUT2D eigenvalue weighted by molar-refractivity contribution is -0.0000386. The molecule has 0 fully saturated rings. The maximum Gasteiger partial charge on any atom is 0.426 e. The topological polar surface area (TPSA) is 79.5 Å². The normalized spacial score (nSPS) is 11.2. The van der Waals surface area contributed by atoms with Gasteiger partial charge in [-0.3, -0.25) is 10.2 Å². The minimum Gasteiger partial charge on any atom is -1.00 e. The van der Waals surface area contributed by atoms with Gasteiger partial charge in [0.05, 0.1) is 11.8 Å². The molecule has 0 spiro atoms. The van der Waals surface area contributed by atoms with Crippen molar-refractivity contribution in [1.82, 2.24) is 10.7 Å². The zero-order chi connectivity index (χ0) is 33.4. The number of halogens is 1. The summed E-state index contributed by atoms with van der Waals surface area (Å²) in [5.41, 5.74) is 5.96. The number of hydrogen-bond donors (Lipinski definition) is 3. The molecule has 0 radical (unpaired) electrons. The fraction of sp³-hybridized carbons (Fsp3) is 0.350. The average Bonchev–Trinajstić information content (AvgIpc) is 3.08. The molecule has 0 aliphatic heterocycles. The van der Waals surface area contributed by atoms with Gasteiger partial charge in [-0.1, -0.05) is 86.7 Å². The molecular formula is C40H51ClN3O3P. The zero-order valence-corrected chi connectivity index (χ0v) is 30.2. The Morgan fingerprint density at radius 1 is 0.604 bits per heavy atom. The van der Waals surface area contributed by atoms with Crippen molar-refractivity contribution < 1.29 is 26.7 Å². The highest BCUT2D eigenvalue weighted by Crippen LogP contribution is 2.56. The van der Waals surface area contributed by atoms with Crippen molar-refractivity contribution in [2.75, 3.05) is 18.1 Å². The third-order valence-electron chi connectivity index (χ3n) is 8.15. The fourth-order valence-electron chi connectivity index (χ4n) is 5.85. The van der Waals surface area contributed by atoms with Crippen molar-refractivity contribution in [2.24, 2.45) is 0 Å². The van der Waals surface area contributed by atoms with Crippen molar-refractivity contribution >= 4 is 40.9 Å². The smallest absolute Gasteiger partial charge is 0.426 e. The van der Waals surface area contributed by atoms with Crippen LogP contribution < -0.4 is 44.5 Å². The van der Waals surface area contributed by atoms with E-state index in [0.29, 0.717) is 17.8 Å². The largest absolute Gasteiger partial charge is 1.00 e. The SMILES string of the molecule is CC(C)(C)OC(=O)NNc1ccc(C(=O)NCCCCCCCCCC[P+](c2ccccc2)(c2ccccc2)c2ccccc2)cc1.[Cl-]. The number of hydrogen-bond acceptors (Lipinski definition) is 4. The van der Waals surface area contributed by atoms with E-state index < -0.39 is 19.0 Å². The van der Waals surface area contributed by atoms with Crippen LogP contribution in [0.1, 0.15) is 82.5 Å². The molecule has 2 amide bonds. The number of nitrogens with one attached hydrogen (secondary N) is 3. The first kappa shape index (κ1) is 38.6. The molecule has 3 N–H and O–H groups in total. The number of anilines is 1. The van der Waals surface area contributed by atoms with Crippen molar-refractivity contribution in [3.05, 3.63) is 121 Å². The molecule has 4 rings (SSSR count). The van der Waals surface area contributed by atoms with Crippen LogP contribution in [0.5, 0.6) is 0 Å². The molecule has 8 heteroatoms. The van der Waals surface area contributed by atoms with Gasteiger partial charge >= 0.3 is 6.09 Å². The van der Waals surface area contributed by atoms with Gasteiger partial charge in [0.25, 0.3) is 5.91 Å². The molecule has 0 unspecified atom stereocenters. The van der Waals surface area contributed by atoms with Crippen LogP contribution >= 0.6 is 7.26 Å². The lowest BCUT2D eigenvalue weighted by Gasteiger charge is -2.27. The summed E-state index contributed by atoms with van der Waals surface area (Å²) in [5.74, 6) is -0.0860. The molecule has 6 nitrogen and oxygen atoms in total. The van der Waals surface area contributed by atoms with Crippen LogP contribution in [0, 0.1) is 0 Å². The van der Waals surface area contributed by atoms with Crippen LogP contribution in [0.3, 0.4) is 0 Å². The van der Waals surface area contributed by atoms with Crippen LogP contribution in [-0.2, 0) is 4.74 Å². The minimum atomic E-state index is -1.73. The Labute approximate surface area is 294 Å². The van der Waals surface area contributed by atoms with Crippen molar-refractivity contribution in [3.63, 3.8) is 0 Å². The van der Waals surface area contributed by atoms with Crippen LogP contribution in [0.15, 0.2) is 115 Å². The van der Waals surface area contributed by atoms with Gasteiger partial charge in [0.15, 0.2) is 0 Å². The van der Waals surface area contributed by atoms with Gasteiger partial charge in [-0.15, -0.1) is 0 Å². The summed E-state index contributed by atoms with van der Waals surface area (Å²) in [5, 5.41) is 7.41. The Hall–Kier alpha value is -3.86. The Balaban J connectivity index is 0.00000625. The third kappa shape index (κ3) is 12.0. The molecule has 4 aromatic carbocycles. The number of carbonyl (C=O) groups excluding carboxylic acids is 2. The molecule has 0 aliphatic rings. The van der Waals surface area contributed by atoms with Crippen LogP contribution in [0.4, 0.5) is 10.5 Å². The number of rotatable bonds is 17. The van der Waals surface area contributed by atoms with E-state index in [-0.39, 0.29) is 18.3 Å². The first-order valence-electron chi connectivity index (χ1n) is 17.0. The molecule has 0 bridgehead atoms. The molecule has 48 heavy (non-hydrogen) atoms. The average molecular weight is 688 g/mol. The highest BCUT2D eigenvalue weighted by Gasteiger charge is 2.44. The summed E-state index contributed by atoms with van der Waals surface area (Å²) >= 11 is 0. The Bertz CT molecular complexity index is 1400. The zero-order valence-electron chi connectivity index (χ0n) is 28.6. The first-order chi connectivity index (χ1) is 22.8. The van der Waals surface area contributed by atoms with E-state index in [2.05, 4.69) is 107 Å². The molecule has 0 heterocycles. The predicted octanol–water partition coefficient (Wildman–Crippen LogP) is 5.39. The maximum atomic E-state index is 12.5. The van der Waals surface area contributed by atoms with E-state index in [1.807, 2.05) is 0 Å². The van der Waals surface area contributed by atoms with Gasteiger partial charge in [-0.25, -0.2) is 10.2 Å². The molecule has 4 aromatic rings. The number of benzene rings is 4. The second kappa shape index (κ2) is 19.8. The predicted molar refractivity (Wildman–Crippen MR) is 199 cm³/mol. The van der Waals surface area contributed by atoms with E-state index in [1.165, 1.54) is 60.6 Å². The minimum absolute atomic E-state index is 0. The van der Waals surface area contributed by atoms with Crippen molar-refractivity contribution in [2.45, 2.75) is 77.7 Å². The summed E-state index contributed by atoms with van der Waals surface area (Å²) < 4.78 is 5.20. The number of hydrazine groups is 1. The van der Waals surface area contributed by atoms with Gasteiger partial charge in [-0.05, 0) is 101 Å². The van der Waals surface area contributed by atoms with E-state index in [1.54, 1.807) is 45.0 Å². The maximum absolute atomic E-state index is 12.5. The van der Waals surface area contributed by atoms with Crippen molar-refractivity contribution in [1.29, 1.82) is 0 Å². The summed E-state index contributed by atoms with van der Waals surface area (Å²) in [4.78, 5) is 24.3. The van der Waals surface area contributed by atoms with E-state index in [4.69, 9.17) is 4.74 Å². The quantitative estimate of drug-likeness (QED) is 0.0791. The number of unbranched alkanes of at least 4 members (excludes halogenated alkanes) is 7. The summed E-state index contributed by atoms with van der Waals surface area (Å²) in [6.45, 7) is 6.08. The van der Waals surface area contributed by atoms with Gasteiger partial charge in [0, 0.05) is 12.1 Å². The number of carbonyl (C=O) groups is 2. The monoisotopic (exact) mass is 687 g/mol. The Morgan fingerprint density at radius 3 is 1.50 bits per heavy atom. The molecule has 0 saturated heterocycles. The summed E-state index contributed by atoms with van der Waals surface area (Å²) in [7, 11) is -1.73. The van der Waals surface area contributed by atoms with Crippen molar-refractivity contribution in [3.8, 4) is 0 Å².